The van der Waals surface area contributed by atoms with Crippen LogP contribution in [0, 0.1) is 5.92 Å². The van der Waals surface area contributed by atoms with E-state index in [1.807, 2.05) is 0 Å². The van der Waals surface area contributed by atoms with Gasteiger partial charge >= 0.3 is 11.9 Å². The molecule has 0 heterocycles. The Bertz CT molecular complexity index is 972. The molecule has 0 aromatic heterocycles. The van der Waals surface area contributed by atoms with E-state index in [2.05, 4.69) is 16.0 Å². The molecule has 5 atom stereocenters. The molecule has 0 fully saturated rings. The third kappa shape index (κ3) is 12.1. The highest BCUT2D eigenvalue weighted by atomic mass is 16.4. The first-order valence-corrected chi connectivity index (χ1v) is 13.0. The third-order valence-electron chi connectivity index (χ3n) is 6.37. The van der Waals surface area contributed by atoms with E-state index in [0.717, 1.165) is 0 Å². The Kier molecular flexibility index (Phi) is 14.5. The molecular weight excluding hydrogens is 510 g/mol. The van der Waals surface area contributed by atoms with Crippen molar-refractivity contribution in [2.24, 2.45) is 17.4 Å². The normalized spacial score (nSPS) is 14.8. The fraction of sp³-hybridized carbons (Fsp3) is 0.577. The number of nitrogens with two attached hydrogens (primary N) is 2. The highest BCUT2D eigenvalue weighted by molar-refractivity contribution is 5.94. The number of hydrogen-bond acceptors (Lipinski definition) is 8. The highest BCUT2D eigenvalue weighted by Gasteiger charge is 2.32. The Hall–Kier alpha value is -3.71. The van der Waals surface area contributed by atoms with Crippen molar-refractivity contribution in [3.63, 3.8) is 0 Å². The lowest BCUT2D eigenvalue weighted by atomic mass is 9.96. The van der Waals surface area contributed by atoms with Crippen molar-refractivity contribution in [2.45, 2.75) is 83.0 Å². The van der Waals surface area contributed by atoms with E-state index in [4.69, 9.17) is 16.6 Å². The Labute approximate surface area is 227 Å². The molecule has 0 bridgehead atoms. The summed E-state index contributed by atoms with van der Waals surface area (Å²) in [5.74, 6) is -4.83. The number of amides is 3. The van der Waals surface area contributed by atoms with Gasteiger partial charge in [-0.3, -0.25) is 19.2 Å². The van der Waals surface area contributed by atoms with Crippen LogP contribution in [-0.2, 0) is 30.4 Å². The average molecular weight is 552 g/mol. The number of aliphatic carboxylic acids is 2. The van der Waals surface area contributed by atoms with Gasteiger partial charge in [0.05, 0.1) is 6.04 Å². The number of carboxylic acids is 2. The average Bonchev–Trinajstić information content (AvgIpc) is 2.89. The number of carboxylic acid groups (broad SMARTS) is 2. The molecule has 1 aromatic carbocycles. The van der Waals surface area contributed by atoms with Gasteiger partial charge in [-0.15, -0.1) is 0 Å². The zero-order chi connectivity index (χ0) is 29.5. The van der Waals surface area contributed by atoms with Crippen LogP contribution >= 0.6 is 0 Å². The first kappa shape index (κ1) is 33.3. The van der Waals surface area contributed by atoms with Crippen LogP contribution in [0.4, 0.5) is 0 Å². The number of hydrogen-bond donors (Lipinski definition) is 8. The van der Waals surface area contributed by atoms with Crippen LogP contribution in [0.2, 0.25) is 0 Å². The third-order valence-corrected chi connectivity index (χ3v) is 6.37. The zero-order valence-electron chi connectivity index (χ0n) is 22.4. The van der Waals surface area contributed by atoms with Crippen LogP contribution < -0.4 is 27.4 Å². The summed E-state index contributed by atoms with van der Waals surface area (Å²) < 4.78 is 0. The molecule has 0 aliphatic rings. The zero-order valence-corrected chi connectivity index (χ0v) is 22.4. The lowest BCUT2D eigenvalue weighted by Gasteiger charge is -2.28. The van der Waals surface area contributed by atoms with Crippen molar-refractivity contribution in [3.8, 4) is 5.75 Å². The summed E-state index contributed by atoms with van der Waals surface area (Å²) in [7, 11) is 0. The maximum absolute atomic E-state index is 13.3. The standard InChI is InChI=1S/C26H41N5O8/c1-3-15(2)22(31-23(35)18(28)11-12-21(33)34)25(37)30-20(14-16-7-9-17(32)10-8-16)24(36)29-19(26(38)39)6-4-5-13-27/h7-10,15,18-20,22,32H,3-6,11-14,27-28H2,1-2H3,(H,29,36)(H,30,37)(H,31,35)(H,33,34)(H,38,39). The van der Waals surface area contributed by atoms with Gasteiger partial charge in [0.15, 0.2) is 0 Å². The van der Waals surface area contributed by atoms with E-state index in [9.17, 15) is 34.2 Å². The molecule has 1 rings (SSSR count). The topological polar surface area (TPSA) is 234 Å². The number of benzene rings is 1. The Morgan fingerprint density at radius 1 is 0.872 bits per heavy atom. The molecule has 0 radical (unpaired) electrons. The van der Waals surface area contributed by atoms with Crippen LogP contribution in [-0.4, -0.2) is 75.7 Å². The fourth-order valence-corrected chi connectivity index (χ4v) is 3.73. The number of phenolic OH excluding ortho intramolecular Hbond substituents is 1. The van der Waals surface area contributed by atoms with Gasteiger partial charge in [0.25, 0.3) is 0 Å². The van der Waals surface area contributed by atoms with Crippen LogP contribution in [0.15, 0.2) is 24.3 Å². The van der Waals surface area contributed by atoms with Gasteiger partial charge in [-0.05, 0) is 55.8 Å². The minimum absolute atomic E-state index is 0.00779. The van der Waals surface area contributed by atoms with Crippen LogP contribution in [0.1, 0.15) is 57.9 Å². The number of carbonyl (C=O) groups is 5. The van der Waals surface area contributed by atoms with E-state index in [1.165, 1.54) is 12.1 Å². The first-order valence-electron chi connectivity index (χ1n) is 13.0. The van der Waals surface area contributed by atoms with E-state index in [0.29, 0.717) is 31.4 Å². The molecule has 5 unspecified atom stereocenters. The van der Waals surface area contributed by atoms with E-state index >= 15 is 0 Å². The molecule has 0 spiro atoms. The van der Waals surface area contributed by atoms with Crippen molar-refractivity contribution < 1.29 is 39.3 Å². The van der Waals surface area contributed by atoms with E-state index in [1.54, 1.807) is 26.0 Å². The maximum atomic E-state index is 13.3. The van der Waals surface area contributed by atoms with Crippen LogP contribution in [0.25, 0.3) is 0 Å². The van der Waals surface area contributed by atoms with E-state index in [-0.39, 0.29) is 37.4 Å². The maximum Gasteiger partial charge on any atom is 0.326 e. The largest absolute Gasteiger partial charge is 0.508 e. The van der Waals surface area contributed by atoms with Gasteiger partial charge in [0.1, 0.15) is 23.9 Å². The Morgan fingerprint density at radius 3 is 2.03 bits per heavy atom. The van der Waals surface area contributed by atoms with Crippen molar-refractivity contribution in [1.82, 2.24) is 16.0 Å². The number of carbonyl (C=O) groups excluding carboxylic acids is 3. The predicted octanol–water partition coefficient (Wildman–Crippen LogP) is -0.159. The second-order valence-corrected chi connectivity index (χ2v) is 9.53. The second kappa shape index (κ2) is 17.0. The van der Waals surface area contributed by atoms with Gasteiger partial charge in [-0.25, -0.2) is 4.79 Å². The monoisotopic (exact) mass is 551 g/mol. The first-order chi connectivity index (χ1) is 18.4. The minimum Gasteiger partial charge on any atom is -0.508 e. The summed E-state index contributed by atoms with van der Waals surface area (Å²) in [6, 6.07) is 1.32. The summed E-state index contributed by atoms with van der Waals surface area (Å²) in [5, 5.41) is 35.7. The highest BCUT2D eigenvalue weighted by Crippen LogP contribution is 2.14. The predicted molar refractivity (Wildman–Crippen MR) is 142 cm³/mol. The lowest BCUT2D eigenvalue weighted by Crippen LogP contribution is -2.59. The molecule has 10 N–H and O–H groups in total. The molecular formula is C26H41N5O8. The van der Waals surface area contributed by atoms with E-state index < -0.39 is 53.8 Å². The van der Waals surface area contributed by atoms with Gasteiger partial charge in [0, 0.05) is 12.8 Å². The van der Waals surface area contributed by atoms with Crippen molar-refractivity contribution in [1.29, 1.82) is 0 Å². The number of unbranched alkanes of at least 4 members (excludes halogenated alkanes) is 1. The summed E-state index contributed by atoms with van der Waals surface area (Å²) in [6.07, 6.45) is 1.23. The molecule has 0 saturated heterocycles. The molecule has 0 aliphatic carbocycles. The molecule has 0 saturated carbocycles. The quantitative estimate of drug-likeness (QED) is 0.112. The molecule has 218 valence electrons. The summed E-state index contributed by atoms with van der Waals surface area (Å²) >= 11 is 0. The molecule has 1 aromatic rings. The number of nitrogens with one attached hydrogen (secondary N) is 3. The molecule has 3 amide bonds. The second-order valence-electron chi connectivity index (χ2n) is 9.53. The Morgan fingerprint density at radius 2 is 1.49 bits per heavy atom. The van der Waals surface area contributed by atoms with Gasteiger partial charge in [-0.2, -0.15) is 0 Å². The lowest BCUT2D eigenvalue weighted by molar-refractivity contribution is -0.142. The van der Waals surface area contributed by atoms with Crippen LogP contribution in [0.5, 0.6) is 5.75 Å². The van der Waals surface area contributed by atoms with Gasteiger partial charge in [0.2, 0.25) is 17.7 Å². The SMILES string of the molecule is CCC(C)C(NC(=O)C(N)CCC(=O)O)C(=O)NC(Cc1ccc(O)cc1)C(=O)NC(CCCCN)C(=O)O. The fourth-order valence-electron chi connectivity index (χ4n) is 3.73. The Balaban J connectivity index is 3.14. The molecule has 13 heteroatoms. The summed E-state index contributed by atoms with van der Waals surface area (Å²) in [4.78, 5) is 61.7. The smallest absolute Gasteiger partial charge is 0.326 e. The summed E-state index contributed by atoms with van der Waals surface area (Å²) in [5.41, 5.74) is 11.9. The van der Waals surface area contributed by atoms with Gasteiger partial charge < -0.3 is 42.7 Å². The van der Waals surface area contributed by atoms with Crippen LogP contribution in [0.3, 0.4) is 0 Å². The number of aromatic hydroxyl groups is 1. The van der Waals surface area contributed by atoms with Crippen molar-refractivity contribution in [3.05, 3.63) is 29.8 Å². The number of phenols is 1. The van der Waals surface area contributed by atoms with Crippen molar-refractivity contribution >= 4 is 29.7 Å². The minimum atomic E-state index is -1.23. The number of rotatable bonds is 18. The summed E-state index contributed by atoms with van der Waals surface area (Å²) in [6.45, 7) is 3.91. The molecule has 39 heavy (non-hydrogen) atoms. The molecule has 0 aliphatic heterocycles. The molecule has 13 nitrogen and oxygen atoms in total. The van der Waals surface area contributed by atoms with Gasteiger partial charge in [-0.1, -0.05) is 32.4 Å². The van der Waals surface area contributed by atoms with Crippen molar-refractivity contribution in [2.75, 3.05) is 6.54 Å².